The number of carboxylic acid groups (broad SMARTS) is 1. The Kier molecular flexibility index (Phi) is 6.96. The van der Waals surface area contributed by atoms with Crippen LogP contribution < -0.4 is 5.32 Å². The van der Waals surface area contributed by atoms with Gasteiger partial charge in [0.05, 0.1) is 6.54 Å². The lowest BCUT2D eigenvalue weighted by Crippen LogP contribution is -2.47. The van der Waals surface area contributed by atoms with Gasteiger partial charge in [0.25, 0.3) is 0 Å². The predicted octanol–water partition coefficient (Wildman–Crippen LogP) is -0.806. The van der Waals surface area contributed by atoms with Crippen molar-refractivity contribution in [3.63, 3.8) is 0 Å². The third kappa shape index (κ3) is 5.75. The lowest BCUT2D eigenvalue weighted by molar-refractivity contribution is -0.137. The topological polar surface area (TPSA) is 90.0 Å². The second-order valence-electron chi connectivity index (χ2n) is 3.55. The fourth-order valence-corrected chi connectivity index (χ4v) is 1.24. The van der Waals surface area contributed by atoms with Crippen molar-refractivity contribution in [1.29, 1.82) is 0 Å². The van der Waals surface area contributed by atoms with Gasteiger partial charge in [-0.15, -0.1) is 6.42 Å². The Morgan fingerprint density at radius 1 is 1.33 bits per heavy atom. The van der Waals surface area contributed by atoms with Crippen LogP contribution in [-0.2, 0) is 9.59 Å². The van der Waals surface area contributed by atoms with Gasteiger partial charge in [0.15, 0.2) is 0 Å². The third-order valence-electron chi connectivity index (χ3n) is 1.96. The van der Waals surface area contributed by atoms with E-state index in [1.807, 2.05) is 0 Å². The van der Waals surface area contributed by atoms with Crippen LogP contribution in [0.5, 0.6) is 0 Å². The SMILES string of the molecule is C#CCN(CC(=O)O)C(=O)N(C)CC(=O)NCC. The Balaban J connectivity index is 4.51. The van der Waals surface area contributed by atoms with E-state index in [2.05, 4.69) is 11.2 Å². The second-order valence-corrected chi connectivity index (χ2v) is 3.55. The Morgan fingerprint density at radius 3 is 2.39 bits per heavy atom. The summed E-state index contributed by atoms with van der Waals surface area (Å²) in [4.78, 5) is 35.8. The minimum atomic E-state index is -1.16. The number of aliphatic carboxylic acids is 1. The highest BCUT2D eigenvalue weighted by atomic mass is 16.4. The molecule has 7 nitrogen and oxygen atoms in total. The van der Waals surface area contributed by atoms with E-state index in [0.29, 0.717) is 6.54 Å². The van der Waals surface area contributed by atoms with Crippen LogP contribution in [-0.4, -0.2) is 66.0 Å². The van der Waals surface area contributed by atoms with Gasteiger partial charge in [0.2, 0.25) is 5.91 Å². The summed E-state index contributed by atoms with van der Waals surface area (Å²) in [5.74, 6) is 0.724. The Hall–Kier alpha value is -2.23. The number of carboxylic acids is 1. The van der Waals surface area contributed by atoms with E-state index in [1.165, 1.54) is 7.05 Å². The highest BCUT2D eigenvalue weighted by molar-refractivity contribution is 5.85. The van der Waals surface area contributed by atoms with Gasteiger partial charge in [-0.05, 0) is 6.92 Å². The van der Waals surface area contributed by atoms with Gasteiger partial charge in [-0.2, -0.15) is 0 Å². The zero-order valence-electron chi connectivity index (χ0n) is 10.5. The molecule has 0 aromatic rings. The maximum Gasteiger partial charge on any atom is 0.323 e. The maximum absolute atomic E-state index is 11.8. The van der Waals surface area contributed by atoms with Crippen LogP contribution in [0.3, 0.4) is 0 Å². The molecule has 0 aliphatic carbocycles. The first kappa shape index (κ1) is 15.8. The van der Waals surface area contributed by atoms with Crippen molar-refractivity contribution in [3.05, 3.63) is 0 Å². The van der Waals surface area contributed by atoms with Gasteiger partial charge >= 0.3 is 12.0 Å². The average Bonchev–Trinajstić information content (AvgIpc) is 2.27. The highest BCUT2D eigenvalue weighted by Gasteiger charge is 2.20. The number of likely N-dealkylation sites (N-methyl/N-ethyl adjacent to an activating group) is 2. The quantitative estimate of drug-likeness (QED) is 0.608. The van der Waals surface area contributed by atoms with Gasteiger partial charge in [-0.3, -0.25) is 9.59 Å². The molecule has 18 heavy (non-hydrogen) atoms. The Bertz CT molecular complexity index is 362. The van der Waals surface area contributed by atoms with E-state index in [4.69, 9.17) is 11.5 Å². The van der Waals surface area contributed by atoms with Crippen molar-refractivity contribution in [2.75, 3.05) is 33.2 Å². The molecule has 0 aromatic carbocycles. The summed E-state index contributed by atoms with van der Waals surface area (Å²) < 4.78 is 0. The van der Waals surface area contributed by atoms with Crippen LogP contribution >= 0.6 is 0 Å². The summed E-state index contributed by atoms with van der Waals surface area (Å²) in [5.41, 5.74) is 0. The molecule has 0 bridgehead atoms. The molecule has 2 N–H and O–H groups in total. The van der Waals surface area contributed by atoms with Crippen molar-refractivity contribution in [2.45, 2.75) is 6.92 Å². The molecule has 0 saturated heterocycles. The number of amides is 3. The van der Waals surface area contributed by atoms with Crippen LogP contribution in [0.2, 0.25) is 0 Å². The Morgan fingerprint density at radius 2 is 1.94 bits per heavy atom. The molecule has 0 aromatic heterocycles. The molecule has 0 spiro atoms. The van der Waals surface area contributed by atoms with Crippen molar-refractivity contribution in [1.82, 2.24) is 15.1 Å². The van der Waals surface area contributed by atoms with Gasteiger partial charge in [0.1, 0.15) is 13.1 Å². The fourth-order valence-electron chi connectivity index (χ4n) is 1.24. The van der Waals surface area contributed by atoms with Crippen molar-refractivity contribution in [3.8, 4) is 12.3 Å². The second kappa shape index (κ2) is 7.95. The van der Waals surface area contributed by atoms with E-state index in [1.54, 1.807) is 6.92 Å². The average molecular weight is 255 g/mol. The monoisotopic (exact) mass is 255 g/mol. The first-order valence-corrected chi connectivity index (χ1v) is 5.34. The molecule has 0 aliphatic rings. The summed E-state index contributed by atoms with van der Waals surface area (Å²) in [7, 11) is 1.41. The van der Waals surface area contributed by atoms with Crippen molar-refractivity contribution >= 4 is 17.9 Å². The molecule has 0 aliphatic heterocycles. The minimum Gasteiger partial charge on any atom is -0.480 e. The number of terminal acetylenes is 1. The molecule has 0 fully saturated rings. The van der Waals surface area contributed by atoms with Gasteiger partial charge in [0, 0.05) is 13.6 Å². The van der Waals surface area contributed by atoms with E-state index in [0.717, 1.165) is 9.80 Å². The number of carbonyl (C=O) groups is 3. The van der Waals surface area contributed by atoms with Crippen LogP contribution in [0.4, 0.5) is 4.79 Å². The first-order chi connectivity index (χ1) is 8.42. The molecule has 0 rings (SSSR count). The molecule has 3 amide bonds. The predicted molar refractivity (Wildman–Crippen MR) is 64.8 cm³/mol. The van der Waals surface area contributed by atoms with E-state index in [-0.39, 0.29) is 19.0 Å². The summed E-state index contributed by atoms with van der Waals surface area (Å²) >= 11 is 0. The number of hydrogen-bond donors (Lipinski definition) is 2. The van der Waals surface area contributed by atoms with Crippen molar-refractivity contribution in [2.24, 2.45) is 0 Å². The lowest BCUT2D eigenvalue weighted by atomic mass is 10.4. The zero-order chi connectivity index (χ0) is 14.1. The standard InChI is InChI=1S/C11H17N3O4/c1-4-6-14(8-10(16)17)11(18)13(3)7-9(15)12-5-2/h1H,5-8H2,2-3H3,(H,12,15)(H,16,17). The normalized spacial score (nSPS) is 9.17. The lowest BCUT2D eigenvalue weighted by Gasteiger charge is -2.24. The number of nitrogens with zero attached hydrogens (tertiary/aromatic N) is 2. The van der Waals surface area contributed by atoms with Gasteiger partial charge in [-0.1, -0.05) is 5.92 Å². The minimum absolute atomic E-state index is 0.120. The first-order valence-electron chi connectivity index (χ1n) is 5.34. The Labute approximate surface area is 106 Å². The highest BCUT2D eigenvalue weighted by Crippen LogP contribution is 1.96. The number of rotatable bonds is 6. The van der Waals surface area contributed by atoms with Gasteiger partial charge < -0.3 is 20.2 Å². The molecule has 0 heterocycles. The summed E-state index contributed by atoms with van der Waals surface area (Å²) in [6, 6.07) is -0.596. The smallest absolute Gasteiger partial charge is 0.323 e. The number of carbonyl (C=O) groups excluding carboxylic acids is 2. The van der Waals surface area contributed by atoms with Crippen LogP contribution in [0.15, 0.2) is 0 Å². The molecule has 0 saturated carbocycles. The number of hydrogen-bond acceptors (Lipinski definition) is 3. The summed E-state index contributed by atoms with van der Waals surface area (Å²) in [6.45, 7) is 1.46. The van der Waals surface area contributed by atoms with E-state index >= 15 is 0 Å². The fraction of sp³-hybridized carbons (Fsp3) is 0.545. The van der Waals surface area contributed by atoms with Crippen LogP contribution in [0.1, 0.15) is 6.92 Å². The van der Waals surface area contributed by atoms with Crippen molar-refractivity contribution < 1.29 is 19.5 Å². The summed E-state index contributed by atoms with van der Waals surface area (Å²) in [5, 5.41) is 11.2. The molecular formula is C11H17N3O4. The maximum atomic E-state index is 11.8. The van der Waals surface area contributed by atoms with Crippen LogP contribution in [0, 0.1) is 12.3 Å². The number of nitrogens with one attached hydrogen (secondary N) is 1. The summed E-state index contributed by atoms with van der Waals surface area (Å²) in [6.07, 6.45) is 5.06. The zero-order valence-corrected chi connectivity index (χ0v) is 10.5. The molecule has 100 valence electrons. The molecule has 0 atom stereocenters. The van der Waals surface area contributed by atoms with E-state index in [9.17, 15) is 14.4 Å². The van der Waals surface area contributed by atoms with Crippen LogP contribution in [0.25, 0.3) is 0 Å². The van der Waals surface area contributed by atoms with Gasteiger partial charge in [-0.25, -0.2) is 4.79 Å². The molecular weight excluding hydrogens is 238 g/mol. The van der Waals surface area contributed by atoms with E-state index < -0.39 is 18.5 Å². The largest absolute Gasteiger partial charge is 0.480 e. The third-order valence-corrected chi connectivity index (χ3v) is 1.96. The molecule has 0 unspecified atom stereocenters. The number of urea groups is 1. The molecule has 0 radical (unpaired) electrons. The molecule has 7 heteroatoms.